The molecule has 11 unspecified atom stereocenters. The number of hydrogen-bond acceptors (Lipinski definition) is 6. The fraction of sp³-hybridized carbons (Fsp3) is 0.767. The van der Waals surface area contributed by atoms with Crippen molar-refractivity contribution in [3.8, 4) is 0 Å². The highest BCUT2D eigenvalue weighted by Gasteiger charge is 2.54. The van der Waals surface area contributed by atoms with Gasteiger partial charge in [-0.15, -0.1) is 0 Å². The molecule has 6 N–H and O–H groups in total. The molecule has 0 heterocycles. The summed E-state index contributed by atoms with van der Waals surface area (Å²) in [7, 11) is 0. The Bertz CT molecular complexity index is 890. The van der Waals surface area contributed by atoms with Crippen molar-refractivity contribution in [2.45, 2.75) is 105 Å². The molecule has 212 valence electrons. The van der Waals surface area contributed by atoms with Crippen molar-refractivity contribution in [3.63, 3.8) is 0 Å². The van der Waals surface area contributed by atoms with Crippen molar-refractivity contribution in [2.75, 3.05) is 0 Å². The van der Waals surface area contributed by atoms with Gasteiger partial charge in [-0.3, -0.25) is 0 Å². The van der Waals surface area contributed by atoms with Gasteiger partial charge in [-0.25, -0.2) is 4.79 Å². The zero-order chi connectivity index (χ0) is 28.4. The van der Waals surface area contributed by atoms with E-state index in [1.807, 2.05) is 40.7 Å². The third kappa shape index (κ3) is 7.12. The minimum Gasteiger partial charge on any atom is -0.478 e. The van der Waals surface area contributed by atoms with Crippen LogP contribution in [0.2, 0.25) is 0 Å². The molecule has 1 saturated carbocycles. The fourth-order valence-electron chi connectivity index (χ4n) is 7.03. The quantitative estimate of drug-likeness (QED) is 0.190. The van der Waals surface area contributed by atoms with Crippen LogP contribution >= 0.6 is 0 Å². The number of carboxylic acids is 1. The van der Waals surface area contributed by atoms with Crippen LogP contribution in [0.4, 0.5) is 0 Å². The Morgan fingerprint density at radius 1 is 1.16 bits per heavy atom. The van der Waals surface area contributed by atoms with Crippen LogP contribution in [0.3, 0.4) is 0 Å². The molecule has 2 aliphatic rings. The van der Waals surface area contributed by atoms with Gasteiger partial charge in [0, 0.05) is 17.4 Å². The van der Waals surface area contributed by atoms with Crippen molar-refractivity contribution in [1.82, 2.24) is 0 Å². The summed E-state index contributed by atoms with van der Waals surface area (Å²) in [6, 6.07) is 0. The summed E-state index contributed by atoms with van der Waals surface area (Å²) >= 11 is 0. The molecule has 0 bridgehead atoms. The van der Waals surface area contributed by atoms with Crippen LogP contribution in [0, 0.1) is 40.9 Å². The van der Waals surface area contributed by atoms with Crippen LogP contribution < -0.4 is 0 Å². The second kappa shape index (κ2) is 12.6. The summed E-state index contributed by atoms with van der Waals surface area (Å²) in [5.74, 6) is -1.98. The largest absolute Gasteiger partial charge is 0.478 e. The fourth-order valence-corrected chi connectivity index (χ4v) is 7.03. The van der Waals surface area contributed by atoms with E-state index in [9.17, 15) is 35.4 Å². The van der Waals surface area contributed by atoms with Crippen molar-refractivity contribution in [2.24, 2.45) is 40.9 Å². The monoisotopic (exact) mass is 522 g/mol. The van der Waals surface area contributed by atoms with Gasteiger partial charge in [0.05, 0.1) is 30.5 Å². The number of rotatable bonds is 10. The number of aliphatic hydroxyl groups is 5. The van der Waals surface area contributed by atoms with E-state index in [0.29, 0.717) is 12.8 Å². The maximum Gasteiger partial charge on any atom is 0.330 e. The minimum atomic E-state index is -0.986. The van der Waals surface area contributed by atoms with Crippen molar-refractivity contribution < 1.29 is 35.4 Å². The minimum absolute atomic E-state index is 0.0109. The Labute approximate surface area is 222 Å². The summed E-state index contributed by atoms with van der Waals surface area (Å²) in [5.41, 5.74) is 1.92. The molecule has 0 aromatic carbocycles. The second-order valence-corrected chi connectivity index (χ2v) is 12.5. The number of fused-ring (bicyclic) bond motifs is 1. The van der Waals surface area contributed by atoms with Gasteiger partial charge < -0.3 is 30.6 Å². The third-order valence-corrected chi connectivity index (χ3v) is 9.08. The summed E-state index contributed by atoms with van der Waals surface area (Å²) in [4.78, 5) is 11.8. The number of allylic oxidation sites excluding steroid dienone is 4. The lowest BCUT2D eigenvalue weighted by atomic mass is 9.50. The average molecular weight is 523 g/mol. The average Bonchev–Trinajstić information content (AvgIpc) is 2.79. The third-order valence-electron chi connectivity index (χ3n) is 9.08. The molecule has 0 amide bonds. The van der Waals surface area contributed by atoms with Crippen LogP contribution in [0.1, 0.15) is 74.7 Å². The van der Waals surface area contributed by atoms with E-state index in [0.717, 1.165) is 11.1 Å². The highest BCUT2D eigenvalue weighted by molar-refractivity contribution is 5.85. The van der Waals surface area contributed by atoms with Gasteiger partial charge in [0.1, 0.15) is 0 Å². The van der Waals surface area contributed by atoms with Crippen molar-refractivity contribution >= 4 is 5.97 Å². The van der Waals surface area contributed by atoms with Crippen LogP contribution in [0.5, 0.6) is 0 Å². The topological polar surface area (TPSA) is 138 Å². The maximum absolute atomic E-state index is 11.8. The highest BCUT2D eigenvalue weighted by Crippen LogP contribution is 2.57. The molecule has 1 fully saturated rings. The highest BCUT2D eigenvalue weighted by atomic mass is 16.4. The van der Waals surface area contributed by atoms with Crippen molar-refractivity contribution in [3.05, 3.63) is 34.9 Å². The Kier molecular flexibility index (Phi) is 10.8. The molecule has 7 nitrogen and oxygen atoms in total. The summed E-state index contributed by atoms with van der Waals surface area (Å²) in [6.07, 6.45) is 2.83. The Morgan fingerprint density at radius 3 is 2.30 bits per heavy atom. The number of carboxylic acid groups (broad SMARTS) is 1. The standard InChI is InChI=1S/C30H50O7/c1-15(2)27(34)19(6)23(32)12-21(31)10-9-16(3)25-18(5)13-30(8)14-24(33)28(35)20(7)26(30)22(25)11-17(4)29(36)37/h9,11,13,15,19-28,31-35H,10,12,14H2,1-8H3,(H,36,37). The van der Waals surface area contributed by atoms with Crippen molar-refractivity contribution in [1.29, 1.82) is 0 Å². The van der Waals surface area contributed by atoms with Crippen LogP contribution in [0.25, 0.3) is 0 Å². The van der Waals surface area contributed by atoms with Gasteiger partial charge in [0.2, 0.25) is 0 Å². The summed E-state index contributed by atoms with van der Waals surface area (Å²) in [6.45, 7) is 15.2. The number of aliphatic hydroxyl groups excluding tert-OH is 5. The van der Waals surface area contributed by atoms with E-state index in [2.05, 4.69) is 13.0 Å². The van der Waals surface area contributed by atoms with Gasteiger partial charge in [-0.1, -0.05) is 64.0 Å². The van der Waals surface area contributed by atoms with Gasteiger partial charge in [0.25, 0.3) is 0 Å². The molecule has 7 heteroatoms. The molecule has 2 rings (SSSR count). The molecule has 2 aliphatic carbocycles. The Balaban J connectivity index is 2.36. The first-order valence-electron chi connectivity index (χ1n) is 13.7. The van der Waals surface area contributed by atoms with Gasteiger partial charge in [0.15, 0.2) is 0 Å². The molecular formula is C30H50O7. The molecular weight excluding hydrogens is 472 g/mol. The lowest BCUT2D eigenvalue weighted by molar-refractivity contribution is -0.132. The van der Waals surface area contributed by atoms with Crippen LogP contribution in [0.15, 0.2) is 34.9 Å². The maximum atomic E-state index is 11.8. The Hall–Kier alpha value is -1.51. The summed E-state index contributed by atoms with van der Waals surface area (Å²) < 4.78 is 0. The lowest BCUT2D eigenvalue weighted by Gasteiger charge is -2.55. The molecule has 0 saturated heterocycles. The van der Waals surface area contributed by atoms with E-state index >= 15 is 0 Å². The zero-order valence-corrected chi connectivity index (χ0v) is 23.8. The first-order chi connectivity index (χ1) is 17.0. The van der Waals surface area contributed by atoms with Gasteiger partial charge in [-0.2, -0.15) is 0 Å². The second-order valence-electron chi connectivity index (χ2n) is 12.5. The smallest absolute Gasteiger partial charge is 0.330 e. The van der Waals surface area contributed by atoms with Crippen LogP contribution in [-0.4, -0.2) is 67.1 Å². The lowest BCUT2D eigenvalue weighted by Crippen LogP contribution is -2.55. The van der Waals surface area contributed by atoms with E-state index in [4.69, 9.17) is 0 Å². The molecule has 37 heavy (non-hydrogen) atoms. The first-order valence-corrected chi connectivity index (χ1v) is 13.7. The van der Waals surface area contributed by atoms with Gasteiger partial charge in [-0.05, 0) is 69.1 Å². The van der Waals surface area contributed by atoms with Crippen LogP contribution in [-0.2, 0) is 4.79 Å². The SMILES string of the molecule is CC(=CC1C(C(C)=CCC(O)CC(O)C(C)C(O)C(C)C)C(C)=CC2(C)CC(O)C(O)C(C)C12)C(=O)O. The summed E-state index contributed by atoms with van der Waals surface area (Å²) in [5, 5.41) is 62.4. The molecule has 0 aliphatic heterocycles. The van der Waals surface area contributed by atoms with E-state index in [1.54, 1.807) is 19.9 Å². The predicted molar refractivity (Wildman–Crippen MR) is 145 cm³/mol. The number of hydrogen-bond donors (Lipinski definition) is 6. The molecule has 0 spiro atoms. The van der Waals surface area contributed by atoms with E-state index < -0.39 is 41.9 Å². The molecule has 0 aromatic heterocycles. The molecule has 0 aromatic rings. The number of carbonyl (C=O) groups is 1. The first kappa shape index (κ1) is 31.7. The van der Waals surface area contributed by atoms with Gasteiger partial charge >= 0.3 is 5.97 Å². The zero-order valence-electron chi connectivity index (χ0n) is 23.8. The number of aliphatic carboxylic acids is 1. The molecule has 11 atom stereocenters. The van der Waals surface area contributed by atoms with E-state index in [1.165, 1.54) is 0 Å². The normalized spacial score (nSPS) is 36.4. The Morgan fingerprint density at radius 2 is 1.76 bits per heavy atom. The van der Waals surface area contributed by atoms with E-state index in [-0.39, 0.29) is 47.5 Å². The molecule has 0 radical (unpaired) electrons. The predicted octanol–water partition coefficient (Wildman–Crippen LogP) is 3.70.